The first kappa shape index (κ1) is 19.2. The number of aromatic nitrogens is 2. The summed E-state index contributed by atoms with van der Waals surface area (Å²) in [5.74, 6) is 0.990. The van der Waals surface area contributed by atoms with Crippen LogP contribution in [0.15, 0.2) is 65.4 Å². The summed E-state index contributed by atoms with van der Waals surface area (Å²) in [5.41, 5.74) is 6.16. The van der Waals surface area contributed by atoms with Crippen LogP contribution in [0.2, 0.25) is 0 Å². The Morgan fingerprint density at radius 3 is 2.66 bits per heavy atom. The molecule has 0 radical (unpaired) electrons. The molecule has 2 aromatic heterocycles. The Morgan fingerprint density at radius 1 is 1.14 bits per heavy atom. The number of likely N-dealkylation sites (tertiary alicyclic amines) is 1. The van der Waals surface area contributed by atoms with Crippen molar-refractivity contribution < 1.29 is 0 Å². The zero-order valence-electron chi connectivity index (χ0n) is 17.3. The second-order valence-electron chi connectivity index (χ2n) is 7.58. The van der Waals surface area contributed by atoms with Crippen molar-refractivity contribution in [2.24, 2.45) is 4.99 Å². The summed E-state index contributed by atoms with van der Waals surface area (Å²) in [5, 5.41) is 3.52. The van der Waals surface area contributed by atoms with Gasteiger partial charge in [-0.15, -0.1) is 0 Å². The van der Waals surface area contributed by atoms with Gasteiger partial charge in [0, 0.05) is 45.5 Å². The second-order valence-corrected chi connectivity index (χ2v) is 7.58. The maximum atomic E-state index is 4.76. The molecule has 29 heavy (non-hydrogen) atoms. The molecule has 1 fully saturated rings. The Labute approximate surface area is 172 Å². The molecule has 1 aliphatic heterocycles. The van der Waals surface area contributed by atoms with E-state index in [0.717, 1.165) is 56.2 Å². The second kappa shape index (κ2) is 8.95. The maximum Gasteiger partial charge on any atom is 0.193 e. The fraction of sp³-hybridized carbons (Fsp3) is 0.333. The molecular weight excluding hydrogens is 358 g/mol. The lowest BCUT2D eigenvalue weighted by Crippen LogP contribution is -2.45. The first-order chi connectivity index (χ1) is 14.2. The van der Waals surface area contributed by atoms with Gasteiger partial charge in [0.15, 0.2) is 5.96 Å². The van der Waals surface area contributed by atoms with E-state index in [1.807, 2.05) is 7.05 Å². The first-order valence-electron chi connectivity index (χ1n) is 10.4. The minimum Gasteiger partial charge on any atom is -0.356 e. The smallest absolute Gasteiger partial charge is 0.193 e. The number of aryl methyl sites for hydroxylation is 1. The quantitative estimate of drug-likeness (QED) is 0.545. The summed E-state index contributed by atoms with van der Waals surface area (Å²) < 4.78 is 2.10. The molecule has 3 aromatic rings. The molecule has 1 N–H and O–H groups in total. The van der Waals surface area contributed by atoms with E-state index in [2.05, 4.69) is 87.5 Å². The van der Waals surface area contributed by atoms with Crippen molar-refractivity contribution in [1.29, 1.82) is 0 Å². The van der Waals surface area contributed by atoms with Gasteiger partial charge in [0.05, 0.1) is 5.69 Å². The Balaban J connectivity index is 1.29. The van der Waals surface area contributed by atoms with Crippen molar-refractivity contribution >= 4 is 17.7 Å². The van der Waals surface area contributed by atoms with Crippen LogP contribution >= 0.6 is 0 Å². The number of guanidine groups is 1. The molecule has 0 spiro atoms. The number of fused-ring (bicyclic) bond motifs is 1. The Morgan fingerprint density at radius 2 is 1.93 bits per heavy atom. The van der Waals surface area contributed by atoms with Gasteiger partial charge in [-0.25, -0.2) is 4.98 Å². The van der Waals surface area contributed by atoms with Gasteiger partial charge in [-0.05, 0) is 37.0 Å². The van der Waals surface area contributed by atoms with Crippen molar-refractivity contribution in [2.75, 3.05) is 26.7 Å². The topological polar surface area (TPSA) is 44.9 Å². The van der Waals surface area contributed by atoms with Gasteiger partial charge in [0.25, 0.3) is 0 Å². The number of pyridine rings is 1. The van der Waals surface area contributed by atoms with Gasteiger partial charge >= 0.3 is 0 Å². The molecule has 0 atom stereocenters. The third-order valence-corrected chi connectivity index (χ3v) is 5.48. The van der Waals surface area contributed by atoms with Gasteiger partial charge in [-0.1, -0.05) is 48.0 Å². The van der Waals surface area contributed by atoms with Crippen molar-refractivity contribution in [3.63, 3.8) is 0 Å². The summed E-state index contributed by atoms with van der Waals surface area (Å²) in [7, 11) is 1.87. The van der Waals surface area contributed by atoms with Crippen LogP contribution in [0.25, 0.3) is 11.7 Å². The normalized spacial score (nSPS) is 15.0. The van der Waals surface area contributed by atoms with Gasteiger partial charge in [-0.2, -0.15) is 0 Å². The van der Waals surface area contributed by atoms with E-state index in [4.69, 9.17) is 4.98 Å². The number of rotatable bonds is 4. The van der Waals surface area contributed by atoms with E-state index in [0.29, 0.717) is 0 Å². The predicted octanol–water partition coefficient (Wildman–Crippen LogP) is 3.94. The molecule has 0 amide bonds. The number of hydrogen-bond donors (Lipinski definition) is 1. The van der Waals surface area contributed by atoms with Gasteiger partial charge in [0.2, 0.25) is 0 Å². The summed E-state index contributed by atoms with van der Waals surface area (Å²) >= 11 is 0. The largest absolute Gasteiger partial charge is 0.356 e. The van der Waals surface area contributed by atoms with Crippen molar-refractivity contribution in [3.8, 4) is 0 Å². The van der Waals surface area contributed by atoms with Gasteiger partial charge in [0.1, 0.15) is 5.65 Å². The van der Waals surface area contributed by atoms with E-state index in [9.17, 15) is 0 Å². The maximum absolute atomic E-state index is 4.76. The first-order valence-corrected chi connectivity index (χ1v) is 10.4. The minimum atomic E-state index is 0.832. The van der Waals surface area contributed by atoms with Crippen LogP contribution in [0, 0.1) is 6.92 Å². The van der Waals surface area contributed by atoms with Crippen LogP contribution < -0.4 is 5.32 Å². The molecule has 5 heteroatoms. The number of imidazole rings is 1. The zero-order chi connectivity index (χ0) is 20.1. The van der Waals surface area contributed by atoms with E-state index < -0.39 is 0 Å². The Bertz CT molecular complexity index is 1010. The van der Waals surface area contributed by atoms with Gasteiger partial charge < -0.3 is 14.6 Å². The van der Waals surface area contributed by atoms with Crippen molar-refractivity contribution in [1.82, 2.24) is 19.6 Å². The number of aliphatic imine (C=N–C) groups is 1. The highest BCUT2D eigenvalue weighted by molar-refractivity contribution is 5.80. The van der Waals surface area contributed by atoms with Crippen LogP contribution in [-0.4, -0.2) is 46.9 Å². The zero-order valence-corrected chi connectivity index (χ0v) is 17.3. The lowest BCUT2D eigenvalue weighted by atomic mass is 10.0. The molecule has 0 aliphatic carbocycles. The molecular formula is C24H29N5. The molecule has 0 saturated carbocycles. The summed E-state index contributed by atoms with van der Waals surface area (Å²) in [4.78, 5) is 11.6. The van der Waals surface area contributed by atoms with Crippen LogP contribution in [0.5, 0.6) is 0 Å². The number of piperidine rings is 1. The van der Waals surface area contributed by atoms with Crippen LogP contribution in [0.1, 0.15) is 29.7 Å². The van der Waals surface area contributed by atoms with Crippen LogP contribution in [0.3, 0.4) is 0 Å². The fourth-order valence-electron chi connectivity index (χ4n) is 3.89. The third kappa shape index (κ3) is 4.67. The molecule has 3 heterocycles. The van der Waals surface area contributed by atoms with Crippen molar-refractivity contribution in [2.45, 2.75) is 26.2 Å². The van der Waals surface area contributed by atoms with Crippen LogP contribution in [-0.2, 0) is 6.42 Å². The average Bonchev–Trinajstić information content (AvgIpc) is 3.17. The number of benzene rings is 1. The third-order valence-electron chi connectivity index (χ3n) is 5.48. The molecule has 1 aromatic carbocycles. The number of nitrogens with one attached hydrogen (secondary N) is 1. The summed E-state index contributed by atoms with van der Waals surface area (Å²) in [6.45, 7) is 4.94. The molecule has 1 aliphatic rings. The van der Waals surface area contributed by atoms with E-state index in [1.165, 1.54) is 16.7 Å². The predicted molar refractivity (Wildman–Crippen MR) is 120 cm³/mol. The Kier molecular flexibility index (Phi) is 5.94. The van der Waals surface area contributed by atoms with Crippen molar-refractivity contribution in [3.05, 3.63) is 77.3 Å². The van der Waals surface area contributed by atoms with E-state index in [-0.39, 0.29) is 0 Å². The fourth-order valence-corrected chi connectivity index (χ4v) is 3.89. The van der Waals surface area contributed by atoms with E-state index in [1.54, 1.807) is 0 Å². The SMILES string of the molecule is CN=C(NCCc1cn2cccc(C)c2n1)N1CCC(=Cc2ccccc2)CC1. The highest BCUT2D eigenvalue weighted by Gasteiger charge is 2.17. The Hall–Kier alpha value is -3.08. The number of nitrogens with zero attached hydrogens (tertiary/aromatic N) is 4. The molecule has 4 rings (SSSR count). The molecule has 0 unspecified atom stereocenters. The average molecular weight is 388 g/mol. The molecule has 0 bridgehead atoms. The standard InChI is InChI=1S/C24H29N5/c1-19-7-6-14-29-18-22(27-23(19)29)10-13-26-24(25-2)28-15-11-21(12-16-28)17-20-8-4-3-5-9-20/h3-9,14,17-18H,10-13,15-16H2,1-2H3,(H,25,26). The highest BCUT2D eigenvalue weighted by Crippen LogP contribution is 2.19. The monoisotopic (exact) mass is 387 g/mol. The summed E-state index contributed by atoms with van der Waals surface area (Å²) in [6.07, 6.45) is 9.56. The minimum absolute atomic E-state index is 0.832. The highest BCUT2D eigenvalue weighted by atomic mass is 15.3. The molecule has 1 saturated heterocycles. The van der Waals surface area contributed by atoms with Crippen LogP contribution in [0.4, 0.5) is 0 Å². The molecule has 150 valence electrons. The molecule has 5 nitrogen and oxygen atoms in total. The lowest BCUT2D eigenvalue weighted by molar-refractivity contribution is 0.376. The lowest BCUT2D eigenvalue weighted by Gasteiger charge is -2.31. The van der Waals surface area contributed by atoms with Gasteiger partial charge in [-0.3, -0.25) is 4.99 Å². The number of hydrogen-bond acceptors (Lipinski definition) is 2. The van der Waals surface area contributed by atoms with E-state index >= 15 is 0 Å². The summed E-state index contributed by atoms with van der Waals surface area (Å²) in [6, 6.07) is 14.7.